The maximum Gasteiger partial charge on any atom is 0.416 e. The highest BCUT2D eigenvalue weighted by Gasteiger charge is 2.31. The first-order chi connectivity index (χ1) is 14.0. The van der Waals surface area contributed by atoms with Crippen LogP contribution in [0.15, 0.2) is 48.9 Å². The molecule has 4 aromatic rings. The van der Waals surface area contributed by atoms with Gasteiger partial charge in [-0.1, -0.05) is 6.07 Å². The van der Waals surface area contributed by atoms with Gasteiger partial charge in [-0.2, -0.15) is 17.7 Å². The molecule has 0 unspecified atom stereocenters. The third kappa shape index (κ3) is 3.20. The summed E-state index contributed by atoms with van der Waals surface area (Å²) < 4.78 is 40.6. The maximum absolute atomic E-state index is 13.0. The van der Waals surface area contributed by atoms with E-state index in [4.69, 9.17) is 0 Å². The van der Waals surface area contributed by atoms with Crippen molar-refractivity contribution in [2.75, 3.05) is 36.0 Å². The van der Waals surface area contributed by atoms with Crippen LogP contribution in [0.25, 0.3) is 16.6 Å². The Morgan fingerprint density at radius 2 is 1.69 bits per heavy atom. The van der Waals surface area contributed by atoms with Gasteiger partial charge >= 0.3 is 6.18 Å². The van der Waals surface area contributed by atoms with Gasteiger partial charge in [0.25, 0.3) is 0 Å². The number of nitrogens with zero attached hydrogens (tertiary/aromatic N) is 7. The number of anilines is 2. The van der Waals surface area contributed by atoms with Gasteiger partial charge < -0.3 is 9.80 Å². The number of benzene rings is 1. The molecule has 1 saturated heterocycles. The summed E-state index contributed by atoms with van der Waals surface area (Å²) in [6, 6.07) is 9.37. The van der Waals surface area contributed by atoms with Crippen molar-refractivity contribution in [3.63, 3.8) is 0 Å². The van der Waals surface area contributed by atoms with E-state index in [1.54, 1.807) is 17.0 Å². The molecular weight excluding hydrogens is 383 g/mol. The van der Waals surface area contributed by atoms with Crippen molar-refractivity contribution >= 4 is 28.1 Å². The normalized spacial score (nSPS) is 15.4. The molecule has 0 aliphatic carbocycles. The maximum atomic E-state index is 13.0. The summed E-state index contributed by atoms with van der Waals surface area (Å²) in [6.45, 7) is 2.93. The molecule has 29 heavy (non-hydrogen) atoms. The monoisotopic (exact) mass is 399 g/mol. The van der Waals surface area contributed by atoms with E-state index in [1.165, 1.54) is 6.07 Å². The molecule has 5 rings (SSSR count). The minimum absolute atomic E-state index is 0.347. The topological polar surface area (TPSA) is 62.5 Å². The molecular formula is C19H16F3N7. The van der Waals surface area contributed by atoms with Crippen molar-refractivity contribution in [3.05, 3.63) is 54.5 Å². The number of fused-ring (bicyclic) bond motifs is 2. The summed E-state index contributed by atoms with van der Waals surface area (Å²) >= 11 is 0. The fourth-order valence-corrected chi connectivity index (χ4v) is 3.65. The summed E-state index contributed by atoms with van der Waals surface area (Å²) in [6.07, 6.45) is -1.25. The summed E-state index contributed by atoms with van der Waals surface area (Å²) in [4.78, 5) is 8.48. The molecule has 0 bridgehead atoms. The SMILES string of the molecule is FC(F)(F)c1ccc2c(N3CCN(c4ccc5nncn5n4)CC3)ccnc2c1. The van der Waals surface area contributed by atoms with Crippen molar-refractivity contribution in [3.8, 4) is 0 Å². The lowest BCUT2D eigenvalue weighted by atomic mass is 10.1. The van der Waals surface area contributed by atoms with Crippen LogP contribution >= 0.6 is 0 Å². The van der Waals surface area contributed by atoms with Gasteiger partial charge in [-0.15, -0.1) is 15.3 Å². The zero-order chi connectivity index (χ0) is 20.0. The summed E-state index contributed by atoms with van der Waals surface area (Å²) in [5.41, 5.74) is 1.24. The highest BCUT2D eigenvalue weighted by molar-refractivity contribution is 5.92. The largest absolute Gasteiger partial charge is 0.416 e. The highest BCUT2D eigenvalue weighted by Crippen LogP contribution is 2.33. The fourth-order valence-electron chi connectivity index (χ4n) is 3.65. The Bertz CT molecular complexity index is 1180. The Hall–Kier alpha value is -3.43. The lowest BCUT2D eigenvalue weighted by molar-refractivity contribution is -0.137. The van der Waals surface area contributed by atoms with Gasteiger partial charge in [0.1, 0.15) is 12.1 Å². The Kier molecular flexibility index (Phi) is 4.00. The van der Waals surface area contributed by atoms with Crippen LogP contribution in [0.4, 0.5) is 24.7 Å². The van der Waals surface area contributed by atoms with Crippen LogP contribution in [0.1, 0.15) is 5.56 Å². The van der Waals surface area contributed by atoms with E-state index in [2.05, 4.69) is 30.1 Å². The van der Waals surface area contributed by atoms with Crippen LogP contribution < -0.4 is 9.80 Å². The average molecular weight is 399 g/mol. The quantitative estimate of drug-likeness (QED) is 0.516. The van der Waals surface area contributed by atoms with Crippen LogP contribution in [-0.4, -0.2) is 51.0 Å². The van der Waals surface area contributed by atoms with Gasteiger partial charge in [-0.3, -0.25) is 4.98 Å². The van der Waals surface area contributed by atoms with Gasteiger partial charge in [0.2, 0.25) is 0 Å². The van der Waals surface area contributed by atoms with Crippen molar-refractivity contribution in [2.24, 2.45) is 0 Å². The summed E-state index contributed by atoms with van der Waals surface area (Å²) in [5.74, 6) is 0.839. The van der Waals surface area contributed by atoms with E-state index in [0.29, 0.717) is 11.2 Å². The lowest BCUT2D eigenvalue weighted by Gasteiger charge is -2.37. The van der Waals surface area contributed by atoms with Gasteiger partial charge in [-0.05, 0) is 30.3 Å². The molecule has 0 N–H and O–H groups in total. The molecule has 0 saturated carbocycles. The molecule has 0 spiro atoms. The van der Waals surface area contributed by atoms with E-state index in [-0.39, 0.29) is 0 Å². The molecule has 3 aromatic heterocycles. The van der Waals surface area contributed by atoms with Crippen LogP contribution in [0.2, 0.25) is 0 Å². The van der Waals surface area contributed by atoms with Gasteiger partial charge in [-0.25, -0.2) is 0 Å². The number of hydrogen-bond acceptors (Lipinski definition) is 6. The molecule has 1 aliphatic heterocycles. The zero-order valence-corrected chi connectivity index (χ0v) is 15.2. The molecule has 1 fully saturated rings. The molecule has 0 amide bonds. The first kappa shape index (κ1) is 17.7. The Balaban J connectivity index is 1.38. The summed E-state index contributed by atoms with van der Waals surface area (Å²) in [5, 5.41) is 13.0. The average Bonchev–Trinajstić information content (AvgIpc) is 3.20. The smallest absolute Gasteiger partial charge is 0.367 e. The van der Waals surface area contributed by atoms with Crippen LogP contribution in [0, 0.1) is 0 Å². The number of hydrogen-bond donors (Lipinski definition) is 0. The zero-order valence-electron chi connectivity index (χ0n) is 15.2. The third-order valence-electron chi connectivity index (χ3n) is 5.14. The molecule has 4 heterocycles. The highest BCUT2D eigenvalue weighted by atomic mass is 19.4. The molecule has 0 atom stereocenters. The molecule has 0 radical (unpaired) electrons. The molecule has 1 aliphatic rings. The Morgan fingerprint density at radius 1 is 0.897 bits per heavy atom. The van der Waals surface area contributed by atoms with Crippen molar-refractivity contribution < 1.29 is 13.2 Å². The van der Waals surface area contributed by atoms with Crippen LogP contribution in [0.3, 0.4) is 0 Å². The molecule has 1 aromatic carbocycles. The van der Waals surface area contributed by atoms with E-state index in [9.17, 15) is 13.2 Å². The second kappa shape index (κ2) is 6.57. The standard InChI is InChI=1S/C19H16F3N7/c20-19(21,22)13-1-2-14-15(11-13)23-6-5-16(14)27-7-9-28(10-8-27)18-4-3-17-25-24-12-29(17)26-18/h1-6,11-12H,7-10H2. The van der Waals surface area contributed by atoms with E-state index in [0.717, 1.165) is 55.2 Å². The molecule has 10 heteroatoms. The third-order valence-corrected chi connectivity index (χ3v) is 5.14. The first-order valence-electron chi connectivity index (χ1n) is 9.12. The number of piperazine rings is 1. The second-order valence-electron chi connectivity index (χ2n) is 6.86. The Morgan fingerprint density at radius 3 is 2.48 bits per heavy atom. The second-order valence-corrected chi connectivity index (χ2v) is 6.86. The number of pyridine rings is 1. The van der Waals surface area contributed by atoms with Crippen LogP contribution in [0.5, 0.6) is 0 Å². The molecule has 7 nitrogen and oxygen atoms in total. The van der Waals surface area contributed by atoms with E-state index >= 15 is 0 Å². The van der Waals surface area contributed by atoms with Gasteiger partial charge in [0, 0.05) is 43.4 Å². The van der Waals surface area contributed by atoms with Crippen molar-refractivity contribution in [1.29, 1.82) is 0 Å². The van der Waals surface area contributed by atoms with Crippen molar-refractivity contribution in [1.82, 2.24) is 24.8 Å². The fraction of sp³-hybridized carbons (Fsp3) is 0.263. The predicted octanol–water partition coefficient (Wildman–Crippen LogP) is 3.02. The van der Waals surface area contributed by atoms with Crippen molar-refractivity contribution in [2.45, 2.75) is 6.18 Å². The number of rotatable bonds is 2. The lowest BCUT2D eigenvalue weighted by Crippen LogP contribution is -2.47. The van der Waals surface area contributed by atoms with Crippen LogP contribution in [-0.2, 0) is 6.18 Å². The first-order valence-corrected chi connectivity index (χ1v) is 9.12. The predicted molar refractivity (Wildman–Crippen MR) is 102 cm³/mol. The number of halogens is 3. The number of aromatic nitrogens is 5. The van der Waals surface area contributed by atoms with Gasteiger partial charge in [0.15, 0.2) is 5.65 Å². The number of alkyl halides is 3. The molecule has 148 valence electrons. The van der Waals surface area contributed by atoms with E-state index < -0.39 is 11.7 Å². The van der Waals surface area contributed by atoms with E-state index in [1.807, 2.05) is 18.2 Å². The summed E-state index contributed by atoms with van der Waals surface area (Å²) in [7, 11) is 0. The minimum atomic E-state index is -4.38. The Labute approximate surface area is 163 Å². The minimum Gasteiger partial charge on any atom is -0.367 e. The van der Waals surface area contributed by atoms with Gasteiger partial charge in [0.05, 0.1) is 11.1 Å².